The number of carbonyl (C=O) groups excluding carboxylic acids is 2. The van der Waals surface area contributed by atoms with Crippen molar-refractivity contribution in [3.05, 3.63) is 70.7 Å². The molecule has 2 aromatic carbocycles. The van der Waals surface area contributed by atoms with Crippen LogP contribution in [0.15, 0.2) is 54.6 Å². The van der Waals surface area contributed by atoms with Crippen LogP contribution in [-0.4, -0.2) is 34.6 Å². The molecule has 168 valence electrons. The summed E-state index contributed by atoms with van der Waals surface area (Å²) in [6.45, 7) is 6.36. The van der Waals surface area contributed by atoms with Gasteiger partial charge in [0.15, 0.2) is 0 Å². The number of nitrogens with one attached hydrogen (secondary N) is 1. The maximum absolute atomic E-state index is 13.2. The van der Waals surface area contributed by atoms with E-state index >= 15 is 0 Å². The van der Waals surface area contributed by atoms with Gasteiger partial charge in [-0.2, -0.15) is 11.8 Å². The Bertz CT molecular complexity index is 814. The Morgan fingerprint density at radius 1 is 1.00 bits per heavy atom. The van der Waals surface area contributed by atoms with Crippen molar-refractivity contribution in [3.63, 3.8) is 0 Å². The minimum absolute atomic E-state index is 0.00154. The van der Waals surface area contributed by atoms with Gasteiger partial charge in [-0.15, -0.1) is 0 Å². The van der Waals surface area contributed by atoms with E-state index in [1.54, 1.807) is 16.7 Å². The van der Waals surface area contributed by atoms with Crippen LogP contribution in [0, 0.1) is 0 Å². The molecule has 2 rings (SSSR count). The minimum atomic E-state index is -0.490. The van der Waals surface area contributed by atoms with Crippen molar-refractivity contribution in [2.45, 2.75) is 64.4 Å². The SMILES string of the molecule is CC[C@H](C)NC(=O)[C@H](CC)N(Cc1ccc(Cl)cc1)C(=O)CCSCc1ccccc1. The normalized spacial score (nSPS) is 12.8. The number of hydrogen-bond acceptors (Lipinski definition) is 3. The molecule has 0 bridgehead atoms. The summed E-state index contributed by atoms with van der Waals surface area (Å²) in [5.41, 5.74) is 2.21. The van der Waals surface area contributed by atoms with Crippen LogP contribution in [0.5, 0.6) is 0 Å². The van der Waals surface area contributed by atoms with Crippen LogP contribution in [-0.2, 0) is 21.9 Å². The van der Waals surface area contributed by atoms with Crippen LogP contribution in [0.1, 0.15) is 51.2 Å². The maximum atomic E-state index is 13.2. The Morgan fingerprint density at radius 3 is 2.29 bits per heavy atom. The molecule has 0 spiro atoms. The fourth-order valence-electron chi connectivity index (χ4n) is 3.21. The summed E-state index contributed by atoms with van der Waals surface area (Å²) in [5, 5.41) is 3.69. The van der Waals surface area contributed by atoms with E-state index in [0.717, 1.165) is 17.7 Å². The van der Waals surface area contributed by atoms with E-state index in [9.17, 15) is 9.59 Å². The average molecular weight is 461 g/mol. The van der Waals surface area contributed by atoms with Gasteiger partial charge < -0.3 is 10.2 Å². The number of halogens is 1. The van der Waals surface area contributed by atoms with E-state index in [-0.39, 0.29) is 17.9 Å². The first-order chi connectivity index (χ1) is 14.9. The van der Waals surface area contributed by atoms with Crippen LogP contribution in [0.4, 0.5) is 0 Å². The van der Waals surface area contributed by atoms with E-state index in [1.165, 1.54) is 5.56 Å². The van der Waals surface area contributed by atoms with Crippen molar-refractivity contribution >= 4 is 35.2 Å². The third kappa shape index (κ3) is 8.58. The van der Waals surface area contributed by atoms with E-state index in [0.29, 0.717) is 30.2 Å². The molecule has 2 atom stereocenters. The molecule has 0 fully saturated rings. The predicted octanol–water partition coefficient (Wildman–Crippen LogP) is 5.69. The highest BCUT2D eigenvalue weighted by Crippen LogP contribution is 2.18. The summed E-state index contributed by atoms with van der Waals surface area (Å²) < 4.78 is 0. The first-order valence-electron chi connectivity index (χ1n) is 10.9. The summed E-state index contributed by atoms with van der Waals surface area (Å²) in [6.07, 6.45) is 1.82. The van der Waals surface area contributed by atoms with Gasteiger partial charge in [0.05, 0.1) is 0 Å². The molecule has 0 aromatic heterocycles. The molecule has 0 aliphatic heterocycles. The van der Waals surface area contributed by atoms with Crippen molar-refractivity contribution in [1.29, 1.82) is 0 Å². The predicted molar refractivity (Wildman–Crippen MR) is 131 cm³/mol. The molecule has 2 aromatic rings. The van der Waals surface area contributed by atoms with Gasteiger partial charge in [-0.3, -0.25) is 9.59 Å². The summed E-state index contributed by atoms with van der Waals surface area (Å²) in [7, 11) is 0. The van der Waals surface area contributed by atoms with E-state index < -0.39 is 6.04 Å². The van der Waals surface area contributed by atoms with Crippen molar-refractivity contribution in [2.75, 3.05) is 5.75 Å². The number of hydrogen-bond donors (Lipinski definition) is 1. The Morgan fingerprint density at radius 2 is 1.68 bits per heavy atom. The lowest BCUT2D eigenvalue weighted by Crippen LogP contribution is -2.50. The molecule has 4 nitrogen and oxygen atoms in total. The quantitative estimate of drug-likeness (QED) is 0.414. The van der Waals surface area contributed by atoms with Crippen LogP contribution in [0.25, 0.3) is 0 Å². The van der Waals surface area contributed by atoms with Crippen LogP contribution < -0.4 is 5.32 Å². The standard InChI is InChI=1S/C25H33ClN2O2S/c1-4-19(3)27-25(30)23(5-2)28(17-20-11-13-22(26)14-12-20)24(29)15-16-31-18-21-9-7-6-8-10-21/h6-14,19,23H,4-5,15-18H2,1-3H3,(H,27,30)/t19-,23-/m0/s1. The molecule has 6 heteroatoms. The largest absolute Gasteiger partial charge is 0.352 e. The van der Waals surface area contributed by atoms with Crippen molar-refractivity contribution in [1.82, 2.24) is 10.2 Å². The van der Waals surface area contributed by atoms with Crippen LogP contribution >= 0.6 is 23.4 Å². The van der Waals surface area contributed by atoms with Crippen LogP contribution in [0.3, 0.4) is 0 Å². The molecule has 31 heavy (non-hydrogen) atoms. The summed E-state index contributed by atoms with van der Waals surface area (Å²) in [6, 6.07) is 17.3. The summed E-state index contributed by atoms with van der Waals surface area (Å²) in [5.74, 6) is 1.50. The van der Waals surface area contributed by atoms with E-state index in [4.69, 9.17) is 11.6 Å². The van der Waals surface area contributed by atoms with Crippen molar-refractivity contribution in [2.24, 2.45) is 0 Å². The molecule has 0 aliphatic rings. The zero-order valence-electron chi connectivity index (χ0n) is 18.6. The lowest BCUT2D eigenvalue weighted by atomic mass is 10.1. The highest BCUT2D eigenvalue weighted by Gasteiger charge is 2.28. The van der Waals surface area contributed by atoms with Gasteiger partial charge in [-0.1, -0.05) is 67.9 Å². The number of benzene rings is 2. The lowest BCUT2D eigenvalue weighted by Gasteiger charge is -2.31. The summed E-state index contributed by atoms with van der Waals surface area (Å²) in [4.78, 5) is 27.8. The third-order valence-corrected chi connectivity index (χ3v) is 6.51. The van der Waals surface area contributed by atoms with Gasteiger partial charge in [0.2, 0.25) is 11.8 Å². The van der Waals surface area contributed by atoms with Crippen LogP contribution in [0.2, 0.25) is 5.02 Å². The number of nitrogens with zero attached hydrogens (tertiary/aromatic N) is 1. The second-order valence-electron chi connectivity index (χ2n) is 7.68. The zero-order valence-corrected chi connectivity index (χ0v) is 20.2. The van der Waals surface area contributed by atoms with Gasteiger partial charge >= 0.3 is 0 Å². The Kier molecular flexibility index (Phi) is 11.0. The zero-order chi connectivity index (χ0) is 22.6. The molecule has 1 N–H and O–H groups in total. The molecule has 0 unspecified atom stereocenters. The molecule has 0 heterocycles. The maximum Gasteiger partial charge on any atom is 0.243 e. The van der Waals surface area contributed by atoms with Gasteiger partial charge in [0.1, 0.15) is 6.04 Å². The second kappa shape index (κ2) is 13.4. The van der Waals surface area contributed by atoms with Gasteiger partial charge in [-0.05, 0) is 43.0 Å². The Hall–Kier alpha value is -1.98. The monoisotopic (exact) mass is 460 g/mol. The van der Waals surface area contributed by atoms with Gasteiger partial charge in [0.25, 0.3) is 0 Å². The minimum Gasteiger partial charge on any atom is -0.352 e. The number of carbonyl (C=O) groups is 2. The Labute approximate surface area is 195 Å². The molecule has 0 radical (unpaired) electrons. The smallest absolute Gasteiger partial charge is 0.243 e. The topological polar surface area (TPSA) is 49.4 Å². The molecule has 0 aliphatic carbocycles. The highest BCUT2D eigenvalue weighted by molar-refractivity contribution is 7.98. The number of rotatable bonds is 12. The first-order valence-corrected chi connectivity index (χ1v) is 12.4. The molecular formula is C25H33ClN2O2S. The number of thioether (sulfide) groups is 1. The molecule has 0 saturated carbocycles. The average Bonchev–Trinajstić information content (AvgIpc) is 2.78. The Balaban J connectivity index is 2.06. The second-order valence-corrected chi connectivity index (χ2v) is 9.22. The third-order valence-electron chi connectivity index (χ3n) is 5.22. The highest BCUT2D eigenvalue weighted by atomic mass is 35.5. The fraction of sp³-hybridized carbons (Fsp3) is 0.440. The van der Waals surface area contributed by atoms with Gasteiger partial charge in [0, 0.05) is 35.5 Å². The fourth-order valence-corrected chi connectivity index (χ4v) is 4.23. The lowest BCUT2D eigenvalue weighted by molar-refractivity contribution is -0.141. The van der Waals surface area contributed by atoms with Gasteiger partial charge in [-0.25, -0.2) is 0 Å². The molecule has 0 saturated heterocycles. The molecular weight excluding hydrogens is 428 g/mol. The van der Waals surface area contributed by atoms with Crippen molar-refractivity contribution in [3.8, 4) is 0 Å². The van der Waals surface area contributed by atoms with E-state index in [1.807, 2.05) is 63.2 Å². The van der Waals surface area contributed by atoms with E-state index in [2.05, 4.69) is 17.4 Å². The molecule has 2 amide bonds. The number of amides is 2. The summed E-state index contributed by atoms with van der Waals surface area (Å²) >= 11 is 7.75. The first kappa shape index (κ1) is 25.3. The van der Waals surface area contributed by atoms with Crippen molar-refractivity contribution < 1.29 is 9.59 Å².